The molecule has 0 bridgehead atoms. The average molecular weight is 907 g/mol. The Labute approximate surface area is 409 Å². The van der Waals surface area contributed by atoms with Gasteiger partial charge in [-0.1, -0.05) is 128 Å². The zero-order valence-corrected chi connectivity index (χ0v) is 40.4. The minimum absolute atomic E-state index is 0.0354. The number of amidine groups is 2. The van der Waals surface area contributed by atoms with Crippen molar-refractivity contribution in [2.75, 3.05) is 7.05 Å². The van der Waals surface area contributed by atoms with Crippen molar-refractivity contribution < 1.29 is 4.74 Å². The summed E-state index contributed by atoms with van der Waals surface area (Å²) in [7, 11) is 2.32. The first-order valence-electron chi connectivity index (χ1n) is 26.7. The molecule has 6 unspecified atom stereocenters. The maximum absolute atomic E-state index is 7.33. The van der Waals surface area contributed by atoms with Crippen molar-refractivity contribution in [1.82, 2.24) is 9.47 Å². The van der Waals surface area contributed by atoms with Crippen molar-refractivity contribution in [1.29, 1.82) is 0 Å². The lowest BCUT2D eigenvalue weighted by Gasteiger charge is -2.43. The third-order valence-electron chi connectivity index (χ3n) is 17.2. The molecule has 9 aliphatic rings. The van der Waals surface area contributed by atoms with E-state index in [9.17, 15) is 0 Å². The number of hydrogen-bond donors (Lipinski definition) is 0. The van der Waals surface area contributed by atoms with Gasteiger partial charge in [0.25, 0.3) is 0 Å². The largest absolute Gasteiger partial charge is 0.460 e. The second-order valence-electron chi connectivity index (χ2n) is 21.3. The van der Waals surface area contributed by atoms with Crippen molar-refractivity contribution in [3.8, 4) is 5.75 Å². The minimum Gasteiger partial charge on any atom is -0.460 e. The van der Waals surface area contributed by atoms with Crippen molar-refractivity contribution in [3.63, 3.8) is 0 Å². The van der Waals surface area contributed by atoms with Gasteiger partial charge in [-0.05, 0) is 148 Å². The van der Waals surface area contributed by atoms with E-state index in [2.05, 4.69) is 162 Å². The number of aromatic nitrogens is 1. The van der Waals surface area contributed by atoms with Crippen LogP contribution >= 0.6 is 0 Å². The number of rotatable bonds is 8. The normalized spacial score (nSPS) is 28.2. The van der Waals surface area contributed by atoms with E-state index in [1.807, 2.05) is 0 Å². The Bertz CT molecular complexity index is 3060. The van der Waals surface area contributed by atoms with Crippen molar-refractivity contribution in [2.45, 2.75) is 127 Å². The van der Waals surface area contributed by atoms with Gasteiger partial charge < -0.3 is 14.2 Å². The molecular weight excluding hydrogens is 841 g/mol. The molecule has 0 amide bonds. The van der Waals surface area contributed by atoms with Gasteiger partial charge in [0.05, 0.1) is 11.4 Å². The standard InChI is InChI=1S/C64H66N4O/c1-67-63(45-26-13-5-14-27-45)65-62(44-24-11-4-12-25-44)66-64(67)57-39-47(54-38-46(42-20-7-2-8-21-42)34-36-49(54)43-22-9-3-10-23-43)35-37-50(57)52-31-19-32-53-56-40-59-55(41-60(56)69-61(52)53)51-30-17-18-33-58(51)68(59)48-28-15-6-16-29-48/h3,5-7,9,11,13,15,17-20,22,24,28,30-34,36,38-39,41-42,44-45,50,56-57,63H,2,4,8,10,12,14,16,21,23,25-27,29,35,37,40H2,1H3/t42?,44-,45?,50?,56?,57?,63?/m1/s1. The Kier molecular flexibility index (Phi) is 11.4. The van der Waals surface area contributed by atoms with E-state index < -0.39 is 0 Å². The maximum Gasteiger partial charge on any atom is 0.134 e. The van der Waals surface area contributed by atoms with Gasteiger partial charge in [-0.15, -0.1) is 0 Å². The molecule has 7 atom stereocenters. The molecule has 69 heavy (non-hydrogen) atoms. The molecule has 0 fully saturated rings. The molecule has 5 heteroatoms. The SMILES string of the molecule is CN1C(C2C=C(c3cc(C4C=CCCC4)ccc3C3=CC=CCC3)CCC2c2cccc3c2OC2=Cc4c(n(C5=CC=CCC5)c5ccccc45)CC23)=NC([C@@H]2C=CCCC2)=NC1C1CC=CCC1. The second kappa shape index (κ2) is 18.3. The molecule has 4 aromatic rings. The van der Waals surface area contributed by atoms with Gasteiger partial charge in [-0.25, -0.2) is 9.98 Å². The molecule has 2 aliphatic heterocycles. The molecular formula is C64H66N4O. The van der Waals surface area contributed by atoms with Crippen LogP contribution in [0.3, 0.4) is 0 Å². The molecule has 348 valence electrons. The number of para-hydroxylation sites is 2. The monoisotopic (exact) mass is 907 g/mol. The van der Waals surface area contributed by atoms with Crippen LogP contribution in [0.2, 0.25) is 0 Å². The third-order valence-corrected chi connectivity index (χ3v) is 17.2. The first-order valence-corrected chi connectivity index (χ1v) is 26.7. The molecule has 3 heterocycles. The van der Waals surface area contributed by atoms with Crippen LogP contribution in [0.1, 0.15) is 153 Å². The van der Waals surface area contributed by atoms with Crippen LogP contribution in [0, 0.1) is 17.8 Å². The average Bonchev–Trinajstić information content (AvgIpc) is 3.96. The van der Waals surface area contributed by atoms with Crippen LogP contribution in [0.4, 0.5) is 0 Å². The van der Waals surface area contributed by atoms with E-state index >= 15 is 0 Å². The van der Waals surface area contributed by atoms with Crippen molar-refractivity contribution in [2.24, 2.45) is 27.7 Å². The molecule has 5 nitrogen and oxygen atoms in total. The summed E-state index contributed by atoms with van der Waals surface area (Å²) >= 11 is 0. The van der Waals surface area contributed by atoms with Gasteiger partial charge in [0.15, 0.2) is 0 Å². The van der Waals surface area contributed by atoms with E-state index in [1.54, 1.807) is 0 Å². The Morgan fingerprint density at radius 1 is 0.696 bits per heavy atom. The quantitative estimate of drug-likeness (QED) is 0.165. The number of nitrogens with zero attached hydrogens (tertiary/aromatic N) is 4. The fourth-order valence-corrected chi connectivity index (χ4v) is 13.7. The first-order chi connectivity index (χ1) is 34.1. The molecule has 0 N–H and O–H groups in total. The van der Waals surface area contributed by atoms with E-state index in [0.717, 1.165) is 94.4 Å². The van der Waals surface area contributed by atoms with Gasteiger partial charge >= 0.3 is 0 Å². The summed E-state index contributed by atoms with van der Waals surface area (Å²) < 4.78 is 9.91. The number of aliphatic imine (C=N–C) groups is 2. The molecule has 13 rings (SSSR count). The maximum atomic E-state index is 7.33. The van der Waals surface area contributed by atoms with Gasteiger partial charge in [-0.3, -0.25) is 0 Å². The molecule has 0 saturated carbocycles. The van der Waals surface area contributed by atoms with Gasteiger partial charge in [0, 0.05) is 71.0 Å². The van der Waals surface area contributed by atoms with Crippen LogP contribution in [-0.2, 0) is 6.42 Å². The van der Waals surface area contributed by atoms with Gasteiger partial charge in [0.2, 0.25) is 0 Å². The van der Waals surface area contributed by atoms with Crippen LogP contribution < -0.4 is 4.74 Å². The lowest BCUT2D eigenvalue weighted by molar-refractivity contribution is 0.237. The number of ether oxygens (including phenoxy) is 1. The number of hydrogen-bond acceptors (Lipinski definition) is 4. The zero-order chi connectivity index (χ0) is 45.8. The van der Waals surface area contributed by atoms with Gasteiger partial charge in [-0.2, -0.15) is 0 Å². The summed E-state index contributed by atoms with van der Waals surface area (Å²) in [6.07, 6.45) is 51.1. The molecule has 0 spiro atoms. The fourth-order valence-electron chi connectivity index (χ4n) is 13.7. The summed E-state index contributed by atoms with van der Waals surface area (Å²) in [5.41, 5.74) is 15.3. The highest BCUT2D eigenvalue weighted by Crippen LogP contribution is 2.54. The topological polar surface area (TPSA) is 42.1 Å². The van der Waals surface area contributed by atoms with Crippen molar-refractivity contribution >= 4 is 45.5 Å². The minimum atomic E-state index is 0.0354. The zero-order valence-electron chi connectivity index (χ0n) is 40.4. The van der Waals surface area contributed by atoms with Crippen LogP contribution in [0.5, 0.6) is 5.75 Å². The summed E-state index contributed by atoms with van der Waals surface area (Å²) in [6.45, 7) is 0. The summed E-state index contributed by atoms with van der Waals surface area (Å²) in [5.74, 6) is 5.98. The molecule has 7 aliphatic carbocycles. The number of benzene rings is 3. The Morgan fingerprint density at radius 3 is 2.33 bits per heavy atom. The summed E-state index contributed by atoms with van der Waals surface area (Å²) in [4.78, 5) is 14.0. The van der Waals surface area contributed by atoms with E-state index in [-0.39, 0.29) is 29.8 Å². The second-order valence-corrected chi connectivity index (χ2v) is 21.3. The van der Waals surface area contributed by atoms with Gasteiger partial charge in [0.1, 0.15) is 29.3 Å². The Hall–Kier alpha value is -6.20. The number of allylic oxidation sites excluding steroid dienone is 15. The molecule has 0 radical (unpaired) electrons. The lowest BCUT2D eigenvalue weighted by Crippen LogP contribution is -2.49. The van der Waals surface area contributed by atoms with E-state index in [4.69, 9.17) is 14.7 Å². The van der Waals surface area contributed by atoms with Crippen LogP contribution in [0.15, 0.2) is 155 Å². The lowest BCUT2D eigenvalue weighted by atomic mass is 9.72. The van der Waals surface area contributed by atoms with E-state index in [0.29, 0.717) is 11.8 Å². The molecule has 1 aromatic heterocycles. The molecule has 0 saturated heterocycles. The Balaban J connectivity index is 0.951. The fraction of sp³-hybridized carbons (Fsp3) is 0.375. The smallest absolute Gasteiger partial charge is 0.134 e. The van der Waals surface area contributed by atoms with Crippen molar-refractivity contribution in [3.05, 3.63) is 184 Å². The highest BCUT2D eigenvalue weighted by atomic mass is 16.5. The summed E-state index contributed by atoms with van der Waals surface area (Å²) in [5, 5.41) is 1.31. The van der Waals surface area contributed by atoms with Crippen LogP contribution in [0.25, 0.3) is 33.8 Å². The highest BCUT2D eigenvalue weighted by molar-refractivity contribution is 6.03. The predicted molar refractivity (Wildman–Crippen MR) is 287 cm³/mol. The summed E-state index contributed by atoms with van der Waals surface area (Å²) in [6, 6.07) is 23.6. The third kappa shape index (κ3) is 7.76. The van der Waals surface area contributed by atoms with E-state index in [1.165, 1.54) is 98.3 Å². The highest BCUT2D eigenvalue weighted by Gasteiger charge is 2.43. The first kappa shape index (κ1) is 42.9. The number of fused-ring (bicyclic) bond motifs is 6. The predicted octanol–water partition coefficient (Wildman–Crippen LogP) is 15.8. The Morgan fingerprint density at radius 2 is 1.54 bits per heavy atom. The van der Waals surface area contributed by atoms with Crippen LogP contribution in [-0.4, -0.2) is 34.4 Å². The molecule has 3 aromatic carbocycles.